The highest BCUT2D eigenvalue weighted by atomic mass is 35.5. The Hall–Kier alpha value is -1.23. The molecule has 2 aromatic rings. The first-order valence-electron chi connectivity index (χ1n) is 5.85. The summed E-state index contributed by atoms with van der Waals surface area (Å²) in [6, 6.07) is 12.1. The van der Waals surface area contributed by atoms with Crippen molar-refractivity contribution in [1.82, 2.24) is 0 Å². The van der Waals surface area contributed by atoms with E-state index in [2.05, 4.69) is 5.32 Å². The summed E-state index contributed by atoms with van der Waals surface area (Å²) in [6.45, 7) is 0.395. The molecule has 0 fully saturated rings. The number of hydrogen-bond donors (Lipinski definition) is 1. The number of benzene rings is 2. The second-order valence-corrected chi connectivity index (χ2v) is 7.10. The van der Waals surface area contributed by atoms with Crippen molar-refractivity contribution in [3.63, 3.8) is 0 Å². The fourth-order valence-corrected chi connectivity index (χ4v) is 3.06. The third kappa shape index (κ3) is 3.45. The highest BCUT2D eigenvalue weighted by molar-refractivity contribution is 7.90. The van der Waals surface area contributed by atoms with E-state index in [1.807, 2.05) is 6.07 Å². The van der Waals surface area contributed by atoms with Gasteiger partial charge in [0.25, 0.3) is 0 Å². The quantitative estimate of drug-likeness (QED) is 0.921. The van der Waals surface area contributed by atoms with Crippen LogP contribution in [-0.2, 0) is 16.4 Å². The van der Waals surface area contributed by atoms with Gasteiger partial charge in [-0.3, -0.25) is 0 Å². The van der Waals surface area contributed by atoms with Crippen LogP contribution >= 0.6 is 23.2 Å². The summed E-state index contributed by atoms with van der Waals surface area (Å²) in [7, 11) is -3.28. The van der Waals surface area contributed by atoms with E-state index in [1.54, 1.807) is 36.4 Å². The zero-order chi connectivity index (χ0) is 14.8. The fraction of sp³-hybridized carbons (Fsp3) is 0.143. The molecule has 20 heavy (non-hydrogen) atoms. The average molecular weight is 330 g/mol. The minimum atomic E-state index is -3.28. The van der Waals surface area contributed by atoms with Gasteiger partial charge >= 0.3 is 0 Å². The highest BCUT2D eigenvalue weighted by Crippen LogP contribution is 2.27. The van der Waals surface area contributed by atoms with Crippen molar-refractivity contribution in [3.8, 4) is 0 Å². The van der Waals surface area contributed by atoms with Gasteiger partial charge in [0.1, 0.15) is 0 Å². The van der Waals surface area contributed by atoms with Crippen LogP contribution in [0.2, 0.25) is 10.0 Å². The summed E-state index contributed by atoms with van der Waals surface area (Å²) in [6.07, 6.45) is 1.18. The molecule has 0 radical (unpaired) electrons. The molecule has 0 spiro atoms. The Morgan fingerprint density at radius 2 is 1.75 bits per heavy atom. The molecular weight excluding hydrogens is 317 g/mol. The van der Waals surface area contributed by atoms with Crippen molar-refractivity contribution in [2.45, 2.75) is 11.4 Å². The van der Waals surface area contributed by atoms with Gasteiger partial charge in [-0.2, -0.15) is 0 Å². The van der Waals surface area contributed by atoms with Gasteiger partial charge in [-0.25, -0.2) is 8.42 Å². The average Bonchev–Trinajstić information content (AvgIpc) is 2.40. The Balaban J connectivity index is 2.26. The number of sulfone groups is 1. The van der Waals surface area contributed by atoms with E-state index < -0.39 is 9.84 Å². The van der Waals surface area contributed by atoms with Gasteiger partial charge in [0.05, 0.1) is 20.6 Å². The fourth-order valence-electron chi connectivity index (χ4n) is 1.81. The minimum Gasteiger partial charge on any atom is -0.380 e. The third-order valence-corrected chi connectivity index (χ3v) is 4.80. The molecule has 0 aliphatic carbocycles. The summed E-state index contributed by atoms with van der Waals surface area (Å²) in [5, 5.41) is 4.03. The zero-order valence-corrected chi connectivity index (χ0v) is 13.1. The molecule has 0 bridgehead atoms. The van der Waals surface area contributed by atoms with Crippen molar-refractivity contribution in [1.29, 1.82) is 0 Å². The predicted molar refractivity (Wildman–Crippen MR) is 83.3 cm³/mol. The van der Waals surface area contributed by atoms with Crippen LogP contribution in [0.1, 0.15) is 5.56 Å². The molecule has 106 valence electrons. The first kappa shape index (κ1) is 15.2. The zero-order valence-electron chi connectivity index (χ0n) is 10.7. The number of nitrogens with one attached hydrogen (secondary N) is 1. The number of halogens is 2. The Morgan fingerprint density at radius 1 is 1.05 bits per heavy atom. The molecule has 0 atom stereocenters. The highest BCUT2D eigenvalue weighted by Gasteiger charge is 2.12. The standard InChI is InChI=1S/C14H13Cl2NO2S/c1-20(18,19)13-8-3-2-7-12(13)17-9-10-5-4-6-11(15)14(10)16/h2-8,17H,9H2,1H3. The molecule has 2 rings (SSSR count). The van der Waals surface area contributed by atoms with E-state index in [-0.39, 0.29) is 4.90 Å². The minimum absolute atomic E-state index is 0.262. The lowest BCUT2D eigenvalue weighted by Gasteiger charge is -2.12. The third-order valence-electron chi connectivity index (χ3n) is 2.79. The first-order valence-corrected chi connectivity index (χ1v) is 8.50. The van der Waals surface area contributed by atoms with Crippen LogP contribution in [-0.4, -0.2) is 14.7 Å². The Kier molecular flexibility index (Phi) is 4.58. The maximum atomic E-state index is 11.7. The van der Waals surface area contributed by atoms with Crippen molar-refractivity contribution in [2.75, 3.05) is 11.6 Å². The molecule has 0 saturated carbocycles. The van der Waals surface area contributed by atoms with Gasteiger partial charge in [-0.15, -0.1) is 0 Å². The van der Waals surface area contributed by atoms with Crippen molar-refractivity contribution in [2.24, 2.45) is 0 Å². The largest absolute Gasteiger partial charge is 0.380 e. The van der Waals surface area contributed by atoms with E-state index in [0.29, 0.717) is 22.3 Å². The molecule has 2 aromatic carbocycles. The van der Waals surface area contributed by atoms with Crippen molar-refractivity contribution < 1.29 is 8.42 Å². The van der Waals surface area contributed by atoms with Gasteiger partial charge in [0.15, 0.2) is 9.84 Å². The topological polar surface area (TPSA) is 46.2 Å². The predicted octanol–water partition coefficient (Wildman–Crippen LogP) is 4.01. The molecule has 0 unspecified atom stereocenters. The van der Waals surface area contributed by atoms with Gasteiger partial charge in [-0.05, 0) is 23.8 Å². The molecule has 0 aliphatic rings. The Bertz CT molecular complexity index is 730. The number of anilines is 1. The molecule has 0 heterocycles. The maximum Gasteiger partial charge on any atom is 0.177 e. The summed E-state index contributed by atoms with van der Waals surface area (Å²) < 4.78 is 23.4. The number of rotatable bonds is 4. The summed E-state index contributed by atoms with van der Waals surface area (Å²) in [5.74, 6) is 0. The molecule has 0 saturated heterocycles. The van der Waals surface area contributed by atoms with Crippen LogP contribution in [0.5, 0.6) is 0 Å². The van der Waals surface area contributed by atoms with Gasteiger partial charge in [0.2, 0.25) is 0 Å². The molecule has 0 aromatic heterocycles. The van der Waals surface area contributed by atoms with Crippen LogP contribution in [0.15, 0.2) is 47.4 Å². The normalized spacial score (nSPS) is 11.3. The van der Waals surface area contributed by atoms with E-state index in [1.165, 1.54) is 6.26 Å². The summed E-state index contributed by atoms with van der Waals surface area (Å²) >= 11 is 12.0. The lowest BCUT2D eigenvalue weighted by Crippen LogP contribution is -2.06. The molecular formula is C14H13Cl2NO2S. The SMILES string of the molecule is CS(=O)(=O)c1ccccc1NCc1cccc(Cl)c1Cl. The summed E-state index contributed by atoms with van der Waals surface area (Å²) in [5.41, 5.74) is 1.36. The van der Waals surface area contributed by atoms with Crippen LogP contribution in [0.3, 0.4) is 0 Å². The first-order chi connectivity index (χ1) is 9.39. The molecule has 6 heteroatoms. The van der Waals surface area contributed by atoms with Crippen LogP contribution in [0, 0.1) is 0 Å². The van der Waals surface area contributed by atoms with Gasteiger partial charge in [-0.1, -0.05) is 47.5 Å². The van der Waals surface area contributed by atoms with Crippen LogP contribution in [0.25, 0.3) is 0 Å². The smallest absolute Gasteiger partial charge is 0.177 e. The van der Waals surface area contributed by atoms with Crippen molar-refractivity contribution in [3.05, 3.63) is 58.1 Å². The molecule has 1 N–H and O–H groups in total. The van der Waals surface area contributed by atoms with E-state index >= 15 is 0 Å². The van der Waals surface area contributed by atoms with E-state index in [0.717, 1.165) is 5.56 Å². The lowest BCUT2D eigenvalue weighted by atomic mass is 10.2. The molecule has 3 nitrogen and oxygen atoms in total. The molecule has 0 amide bonds. The summed E-state index contributed by atoms with van der Waals surface area (Å²) in [4.78, 5) is 0.262. The second-order valence-electron chi connectivity index (χ2n) is 4.33. The van der Waals surface area contributed by atoms with E-state index in [4.69, 9.17) is 23.2 Å². The van der Waals surface area contributed by atoms with Crippen LogP contribution in [0.4, 0.5) is 5.69 Å². The molecule has 0 aliphatic heterocycles. The number of para-hydroxylation sites is 1. The maximum absolute atomic E-state index is 11.7. The monoisotopic (exact) mass is 329 g/mol. The lowest BCUT2D eigenvalue weighted by molar-refractivity contribution is 0.602. The Labute approximate surface area is 128 Å². The van der Waals surface area contributed by atoms with Gasteiger partial charge < -0.3 is 5.32 Å². The number of hydrogen-bond acceptors (Lipinski definition) is 3. The van der Waals surface area contributed by atoms with Crippen LogP contribution < -0.4 is 5.32 Å². The van der Waals surface area contributed by atoms with Crippen molar-refractivity contribution >= 4 is 38.7 Å². The Morgan fingerprint density at radius 3 is 2.45 bits per heavy atom. The van der Waals surface area contributed by atoms with Gasteiger partial charge in [0, 0.05) is 12.8 Å². The second kappa shape index (κ2) is 6.04. The van der Waals surface area contributed by atoms with E-state index in [9.17, 15) is 8.42 Å².